The molecular formula is C15H14ClN3O3S. The Kier molecular flexibility index (Phi) is 3.82. The van der Waals surface area contributed by atoms with Crippen molar-refractivity contribution in [3.8, 4) is 11.5 Å². The van der Waals surface area contributed by atoms with Gasteiger partial charge in [-0.25, -0.2) is 0 Å². The molecule has 2 aliphatic rings. The predicted octanol–water partition coefficient (Wildman–Crippen LogP) is 3.48. The summed E-state index contributed by atoms with van der Waals surface area (Å²) in [7, 11) is 0. The second kappa shape index (κ2) is 5.98. The number of ether oxygens (including phenoxy) is 2. The summed E-state index contributed by atoms with van der Waals surface area (Å²) in [5, 5.41) is 12.7. The molecule has 0 radical (unpaired) electrons. The molecule has 1 aromatic carbocycles. The van der Waals surface area contributed by atoms with Crippen LogP contribution in [0, 0.1) is 0 Å². The Hall–Kier alpha value is -1.86. The first-order valence-corrected chi connectivity index (χ1v) is 8.64. The third kappa shape index (κ3) is 3.11. The second-order valence-electron chi connectivity index (χ2n) is 5.51. The van der Waals surface area contributed by atoms with Crippen LogP contribution in [-0.4, -0.2) is 29.3 Å². The highest BCUT2D eigenvalue weighted by molar-refractivity contribution is 7.15. The van der Waals surface area contributed by atoms with Gasteiger partial charge >= 0.3 is 0 Å². The molecule has 0 saturated heterocycles. The fraction of sp³-hybridized carbons (Fsp3) is 0.400. The van der Waals surface area contributed by atoms with Crippen LogP contribution in [0.5, 0.6) is 11.5 Å². The number of aromatic nitrogens is 2. The number of halogens is 1. The topological polar surface area (TPSA) is 73.3 Å². The fourth-order valence-corrected chi connectivity index (χ4v) is 3.48. The van der Waals surface area contributed by atoms with Crippen LogP contribution in [0.15, 0.2) is 12.1 Å². The van der Waals surface area contributed by atoms with Crippen LogP contribution in [0.3, 0.4) is 0 Å². The van der Waals surface area contributed by atoms with Gasteiger partial charge in [0.05, 0.1) is 18.2 Å². The van der Waals surface area contributed by atoms with E-state index < -0.39 is 0 Å². The van der Waals surface area contributed by atoms with Crippen molar-refractivity contribution in [2.45, 2.75) is 25.2 Å². The van der Waals surface area contributed by atoms with E-state index in [0.29, 0.717) is 46.3 Å². The lowest BCUT2D eigenvalue weighted by molar-refractivity contribution is 0.102. The molecule has 120 valence electrons. The van der Waals surface area contributed by atoms with Crippen molar-refractivity contribution in [3.05, 3.63) is 27.7 Å². The number of amides is 1. The fourth-order valence-electron chi connectivity index (χ4n) is 2.31. The molecule has 0 unspecified atom stereocenters. The molecule has 1 aliphatic heterocycles. The molecule has 0 spiro atoms. The molecular weight excluding hydrogens is 338 g/mol. The zero-order valence-corrected chi connectivity index (χ0v) is 13.7. The maximum Gasteiger partial charge on any atom is 0.257 e. The number of benzene rings is 1. The summed E-state index contributed by atoms with van der Waals surface area (Å²) in [6.07, 6.45) is 3.09. The second-order valence-corrected chi connectivity index (χ2v) is 6.93. The Morgan fingerprint density at radius 1 is 1.26 bits per heavy atom. The maximum atomic E-state index is 12.4. The van der Waals surface area contributed by atoms with E-state index in [-0.39, 0.29) is 5.91 Å². The average Bonchev–Trinajstić information content (AvgIpc) is 3.32. The van der Waals surface area contributed by atoms with Crippen LogP contribution >= 0.6 is 22.9 Å². The lowest BCUT2D eigenvalue weighted by Crippen LogP contribution is -2.12. The Labute approximate surface area is 141 Å². The number of nitrogens with zero attached hydrogens (tertiary/aromatic N) is 2. The van der Waals surface area contributed by atoms with Crippen molar-refractivity contribution in [2.24, 2.45) is 0 Å². The number of carbonyl (C=O) groups is 1. The summed E-state index contributed by atoms with van der Waals surface area (Å²) < 4.78 is 11.2. The summed E-state index contributed by atoms with van der Waals surface area (Å²) in [5.41, 5.74) is 0.405. The number of rotatable bonds is 3. The maximum absolute atomic E-state index is 12.4. The molecule has 8 heteroatoms. The molecule has 1 fully saturated rings. The zero-order valence-electron chi connectivity index (χ0n) is 12.2. The minimum absolute atomic E-state index is 0.291. The van der Waals surface area contributed by atoms with E-state index in [1.165, 1.54) is 11.3 Å². The summed E-state index contributed by atoms with van der Waals surface area (Å²) >= 11 is 7.63. The highest BCUT2D eigenvalue weighted by Crippen LogP contribution is 2.42. The molecule has 1 aromatic heterocycles. The van der Waals surface area contributed by atoms with E-state index in [1.807, 2.05) is 0 Å². The van der Waals surface area contributed by atoms with Crippen molar-refractivity contribution in [3.63, 3.8) is 0 Å². The van der Waals surface area contributed by atoms with E-state index in [2.05, 4.69) is 15.5 Å². The smallest absolute Gasteiger partial charge is 0.257 e. The first-order valence-electron chi connectivity index (χ1n) is 7.44. The first kappa shape index (κ1) is 14.7. The van der Waals surface area contributed by atoms with Gasteiger partial charge in [-0.3, -0.25) is 10.1 Å². The molecule has 1 saturated carbocycles. The van der Waals surface area contributed by atoms with E-state index in [9.17, 15) is 4.79 Å². The molecule has 0 bridgehead atoms. The largest absolute Gasteiger partial charge is 0.489 e. The number of nitrogens with one attached hydrogen (secondary N) is 1. The summed E-state index contributed by atoms with van der Waals surface area (Å²) in [6.45, 7) is 1.09. The van der Waals surface area contributed by atoms with E-state index in [1.54, 1.807) is 12.1 Å². The Morgan fingerprint density at radius 2 is 2.09 bits per heavy atom. The number of carbonyl (C=O) groups excluding carboxylic acids is 1. The molecule has 2 heterocycles. The molecule has 2 aromatic rings. The van der Waals surface area contributed by atoms with E-state index >= 15 is 0 Å². The third-order valence-corrected chi connectivity index (χ3v) is 4.93. The Bertz CT molecular complexity index is 760. The highest BCUT2D eigenvalue weighted by Gasteiger charge is 2.28. The van der Waals surface area contributed by atoms with Crippen LogP contribution < -0.4 is 14.8 Å². The first-order chi connectivity index (χ1) is 11.2. The van der Waals surface area contributed by atoms with Crippen molar-refractivity contribution in [1.29, 1.82) is 0 Å². The van der Waals surface area contributed by atoms with Crippen LogP contribution in [0.1, 0.15) is 40.5 Å². The van der Waals surface area contributed by atoms with Gasteiger partial charge in [-0.1, -0.05) is 22.9 Å². The van der Waals surface area contributed by atoms with E-state index in [0.717, 1.165) is 24.3 Å². The van der Waals surface area contributed by atoms with Gasteiger partial charge in [-0.2, -0.15) is 0 Å². The van der Waals surface area contributed by atoms with Gasteiger partial charge in [0.1, 0.15) is 5.01 Å². The predicted molar refractivity (Wildman–Crippen MR) is 86.9 cm³/mol. The normalized spacial score (nSPS) is 16.7. The number of hydrogen-bond donors (Lipinski definition) is 1. The number of hydrogen-bond acceptors (Lipinski definition) is 6. The van der Waals surface area contributed by atoms with Crippen molar-refractivity contribution in [2.75, 3.05) is 18.5 Å². The Balaban J connectivity index is 1.55. The van der Waals surface area contributed by atoms with Crippen LogP contribution in [-0.2, 0) is 0 Å². The van der Waals surface area contributed by atoms with Gasteiger partial charge < -0.3 is 9.47 Å². The monoisotopic (exact) mass is 351 g/mol. The van der Waals surface area contributed by atoms with Crippen LogP contribution in [0.2, 0.25) is 5.02 Å². The van der Waals surface area contributed by atoms with Crippen molar-refractivity contribution >= 4 is 34.0 Å². The minimum Gasteiger partial charge on any atom is -0.489 e. The zero-order chi connectivity index (χ0) is 15.8. The molecule has 1 N–H and O–H groups in total. The number of fused-ring (bicyclic) bond motifs is 1. The molecule has 1 amide bonds. The van der Waals surface area contributed by atoms with Gasteiger partial charge in [0.2, 0.25) is 5.13 Å². The molecule has 6 nitrogen and oxygen atoms in total. The van der Waals surface area contributed by atoms with E-state index in [4.69, 9.17) is 21.1 Å². The van der Waals surface area contributed by atoms with Crippen molar-refractivity contribution in [1.82, 2.24) is 10.2 Å². The standard InChI is InChI=1S/C15H14ClN3O3S/c16-10-6-9(7-11-12(10)22-5-1-4-21-11)13(20)17-15-19-18-14(23-15)8-2-3-8/h6-8H,1-5H2,(H,17,19,20). The minimum atomic E-state index is -0.291. The summed E-state index contributed by atoms with van der Waals surface area (Å²) in [5.74, 6) is 1.22. The molecule has 4 rings (SSSR count). The summed E-state index contributed by atoms with van der Waals surface area (Å²) in [4.78, 5) is 12.4. The van der Waals surface area contributed by atoms with Gasteiger partial charge in [0.25, 0.3) is 5.91 Å². The van der Waals surface area contributed by atoms with Gasteiger partial charge in [-0.05, 0) is 25.0 Å². The third-order valence-electron chi connectivity index (χ3n) is 3.65. The van der Waals surface area contributed by atoms with Crippen LogP contribution in [0.25, 0.3) is 0 Å². The van der Waals surface area contributed by atoms with Crippen molar-refractivity contribution < 1.29 is 14.3 Å². The average molecular weight is 352 g/mol. The SMILES string of the molecule is O=C(Nc1nnc(C2CC2)s1)c1cc(Cl)c2c(c1)OCCCO2. The van der Waals surface area contributed by atoms with Crippen LogP contribution in [0.4, 0.5) is 5.13 Å². The van der Waals surface area contributed by atoms with Gasteiger partial charge in [-0.15, -0.1) is 10.2 Å². The van der Waals surface area contributed by atoms with Gasteiger partial charge in [0, 0.05) is 17.9 Å². The summed E-state index contributed by atoms with van der Waals surface area (Å²) in [6, 6.07) is 3.22. The quantitative estimate of drug-likeness (QED) is 0.916. The lowest BCUT2D eigenvalue weighted by atomic mass is 10.2. The van der Waals surface area contributed by atoms with Gasteiger partial charge in [0.15, 0.2) is 11.5 Å². The molecule has 0 atom stereocenters. The molecule has 23 heavy (non-hydrogen) atoms. The molecule has 1 aliphatic carbocycles. The lowest BCUT2D eigenvalue weighted by Gasteiger charge is -2.11. The Morgan fingerprint density at radius 3 is 2.91 bits per heavy atom. The number of anilines is 1. The highest BCUT2D eigenvalue weighted by atomic mass is 35.5.